The van der Waals surface area contributed by atoms with Crippen LogP contribution in [0.1, 0.15) is 29.8 Å². The molecule has 0 fully saturated rings. The van der Waals surface area contributed by atoms with Crippen molar-refractivity contribution in [3.05, 3.63) is 62.1 Å². The Morgan fingerprint density at radius 1 is 1.24 bits per heavy atom. The molecule has 2 rings (SSSR count). The Balaban J connectivity index is 0.00000151. The summed E-state index contributed by atoms with van der Waals surface area (Å²) in [4.78, 5) is 21.3. The third-order valence-corrected chi connectivity index (χ3v) is 3.65. The SMILES string of the molecule is CC.COc1ccc(COc2cc(C(=O)O)c([N+](=O)[O-])cc2Br)cc1. The van der Waals surface area contributed by atoms with E-state index in [9.17, 15) is 14.9 Å². The summed E-state index contributed by atoms with van der Waals surface area (Å²) in [6.07, 6.45) is 0. The summed E-state index contributed by atoms with van der Waals surface area (Å²) in [6.45, 7) is 4.18. The van der Waals surface area contributed by atoms with Gasteiger partial charge in [-0.3, -0.25) is 10.1 Å². The Labute approximate surface area is 153 Å². The summed E-state index contributed by atoms with van der Waals surface area (Å²) in [5, 5.41) is 20.0. The molecule has 0 aliphatic carbocycles. The smallest absolute Gasteiger partial charge is 0.342 e. The molecule has 25 heavy (non-hydrogen) atoms. The average molecular weight is 412 g/mol. The van der Waals surface area contributed by atoms with Crippen LogP contribution in [0.4, 0.5) is 5.69 Å². The first-order chi connectivity index (χ1) is 11.9. The van der Waals surface area contributed by atoms with Crippen LogP contribution in [0.3, 0.4) is 0 Å². The van der Waals surface area contributed by atoms with E-state index in [0.29, 0.717) is 10.2 Å². The Morgan fingerprint density at radius 3 is 2.32 bits per heavy atom. The fourth-order valence-electron chi connectivity index (χ4n) is 1.86. The maximum absolute atomic E-state index is 11.1. The van der Waals surface area contributed by atoms with Crippen molar-refractivity contribution >= 4 is 27.6 Å². The molecule has 0 aliphatic heterocycles. The highest BCUT2D eigenvalue weighted by molar-refractivity contribution is 9.10. The first-order valence-electron chi connectivity index (χ1n) is 7.39. The number of carboxylic acids is 1. The number of nitro benzene ring substituents is 1. The largest absolute Gasteiger partial charge is 0.497 e. The summed E-state index contributed by atoms with van der Waals surface area (Å²) in [5.74, 6) is -0.472. The molecule has 0 bridgehead atoms. The van der Waals surface area contributed by atoms with E-state index in [2.05, 4.69) is 15.9 Å². The number of nitrogens with zero attached hydrogens (tertiary/aromatic N) is 1. The van der Waals surface area contributed by atoms with E-state index in [1.54, 1.807) is 31.4 Å². The summed E-state index contributed by atoms with van der Waals surface area (Å²) in [7, 11) is 1.56. The molecule has 0 radical (unpaired) electrons. The highest BCUT2D eigenvalue weighted by Gasteiger charge is 2.23. The second kappa shape index (κ2) is 9.63. The molecule has 8 heteroatoms. The van der Waals surface area contributed by atoms with Gasteiger partial charge in [0.2, 0.25) is 0 Å². The summed E-state index contributed by atoms with van der Waals surface area (Å²) >= 11 is 3.15. The van der Waals surface area contributed by atoms with Crippen molar-refractivity contribution in [1.82, 2.24) is 0 Å². The summed E-state index contributed by atoms with van der Waals surface area (Å²) < 4.78 is 10.9. The lowest BCUT2D eigenvalue weighted by Crippen LogP contribution is -2.04. The number of ether oxygens (including phenoxy) is 2. The van der Waals surface area contributed by atoms with Crippen LogP contribution in [0.2, 0.25) is 0 Å². The van der Waals surface area contributed by atoms with Crippen molar-refractivity contribution in [1.29, 1.82) is 0 Å². The Hall–Kier alpha value is -2.61. The number of carboxylic acid groups (broad SMARTS) is 1. The highest BCUT2D eigenvalue weighted by atomic mass is 79.9. The molecule has 0 aliphatic rings. The second-order valence-corrected chi connectivity index (χ2v) is 5.35. The fourth-order valence-corrected chi connectivity index (χ4v) is 2.30. The molecule has 7 nitrogen and oxygen atoms in total. The zero-order valence-electron chi connectivity index (χ0n) is 14.0. The fraction of sp³-hybridized carbons (Fsp3) is 0.235. The number of carbonyl (C=O) groups is 1. The minimum Gasteiger partial charge on any atom is -0.497 e. The molecule has 2 aromatic carbocycles. The first-order valence-corrected chi connectivity index (χ1v) is 8.18. The maximum Gasteiger partial charge on any atom is 0.342 e. The van der Waals surface area contributed by atoms with Crippen LogP contribution in [0.5, 0.6) is 11.5 Å². The molecule has 0 amide bonds. The van der Waals surface area contributed by atoms with Crippen LogP contribution >= 0.6 is 15.9 Å². The number of hydrogen-bond donors (Lipinski definition) is 1. The standard InChI is InChI=1S/C15H12BrNO6.C2H6/c1-22-10-4-2-9(3-5-10)8-23-14-6-11(15(18)19)13(17(20)21)7-12(14)16;1-2/h2-7H,8H2,1H3,(H,18,19);1-2H3. The molecule has 1 N–H and O–H groups in total. The zero-order chi connectivity index (χ0) is 19.0. The number of nitro groups is 1. The predicted octanol–water partition coefficient (Wildman–Crippen LogP) is 4.67. The van der Waals surface area contributed by atoms with Crippen molar-refractivity contribution in [3.8, 4) is 11.5 Å². The zero-order valence-corrected chi connectivity index (χ0v) is 15.6. The first kappa shape index (κ1) is 20.4. The number of methoxy groups -OCH3 is 1. The Bertz CT molecular complexity index is 746. The topological polar surface area (TPSA) is 98.9 Å². The Kier molecular flexibility index (Phi) is 7.87. The molecule has 0 spiro atoms. The van der Waals surface area contributed by atoms with Gasteiger partial charge in [0.05, 0.1) is 16.5 Å². The van der Waals surface area contributed by atoms with Gasteiger partial charge in [0, 0.05) is 12.1 Å². The molecule has 0 saturated carbocycles. The van der Waals surface area contributed by atoms with Crippen molar-refractivity contribution in [3.63, 3.8) is 0 Å². The van der Waals surface area contributed by atoms with Crippen LogP contribution < -0.4 is 9.47 Å². The molecule has 0 saturated heterocycles. The molecular weight excluding hydrogens is 394 g/mol. The van der Waals surface area contributed by atoms with Gasteiger partial charge < -0.3 is 14.6 Å². The molecular formula is C17H18BrNO6. The molecule has 2 aromatic rings. The molecule has 0 aromatic heterocycles. The molecule has 0 atom stereocenters. The van der Waals surface area contributed by atoms with Crippen molar-refractivity contribution in [2.24, 2.45) is 0 Å². The monoisotopic (exact) mass is 411 g/mol. The lowest BCUT2D eigenvalue weighted by atomic mass is 10.1. The van der Waals surface area contributed by atoms with Crippen LogP contribution in [0.25, 0.3) is 0 Å². The molecule has 0 unspecified atom stereocenters. The van der Waals surface area contributed by atoms with Crippen LogP contribution in [0.15, 0.2) is 40.9 Å². The third kappa shape index (κ3) is 5.46. The second-order valence-electron chi connectivity index (χ2n) is 4.50. The van der Waals surface area contributed by atoms with E-state index >= 15 is 0 Å². The van der Waals surface area contributed by atoms with Gasteiger partial charge in [-0.2, -0.15) is 0 Å². The number of halogens is 1. The number of benzene rings is 2. The lowest BCUT2D eigenvalue weighted by Gasteiger charge is -2.10. The van der Waals surface area contributed by atoms with E-state index in [1.165, 1.54) is 0 Å². The summed E-state index contributed by atoms with van der Waals surface area (Å²) in [5.41, 5.74) is -0.0861. The minimum absolute atomic E-state index is 0.180. The van der Waals surface area contributed by atoms with Gasteiger partial charge >= 0.3 is 5.97 Å². The van der Waals surface area contributed by atoms with Gasteiger partial charge in [-0.05, 0) is 33.6 Å². The minimum atomic E-state index is -1.39. The molecule has 0 heterocycles. The quantitative estimate of drug-likeness (QED) is 0.547. The average Bonchev–Trinajstić information content (AvgIpc) is 2.62. The van der Waals surface area contributed by atoms with Crippen LogP contribution in [-0.4, -0.2) is 23.1 Å². The lowest BCUT2D eigenvalue weighted by molar-refractivity contribution is -0.385. The van der Waals surface area contributed by atoms with Gasteiger partial charge in [-0.15, -0.1) is 0 Å². The number of hydrogen-bond acceptors (Lipinski definition) is 5. The Morgan fingerprint density at radius 2 is 1.84 bits per heavy atom. The number of rotatable bonds is 6. The van der Waals surface area contributed by atoms with Crippen LogP contribution in [-0.2, 0) is 6.61 Å². The van der Waals surface area contributed by atoms with E-state index in [1.807, 2.05) is 13.8 Å². The van der Waals surface area contributed by atoms with Crippen LogP contribution in [0, 0.1) is 10.1 Å². The van der Waals surface area contributed by atoms with Crippen molar-refractivity contribution < 1.29 is 24.3 Å². The number of aromatic carboxylic acids is 1. The summed E-state index contributed by atoms with van der Waals surface area (Å²) in [6, 6.07) is 9.39. The van der Waals surface area contributed by atoms with Crippen molar-refractivity contribution in [2.45, 2.75) is 20.5 Å². The van der Waals surface area contributed by atoms with Gasteiger partial charge in [-0.1, -0.05) is 26.0 Å². The predicted molar refractivity (Wildman–Crippen MR) is 96.4 cm³/mol. The highest BCUT2D eigenvalue weighted by Crippen LogP contribution is 2.33. The normalized spacial score (nSPS) is 9.60. The van der Waals surface area contributed by atoms with E-state index in [-0.39, 0.29) is 12.4 Å². The molecule has 134 valence electrons. The van der Waals surface area contributed by atoms with E-state index in [0.717, 1.165) is 17.7 Å². The van der Waals surface area contributed by atoms with E-state index in [4.69, 9.17) is 14.6 Å². The van der Waals surface area contributed by atoms with Gasteiger partial charge in [0.15, 0.2) is 0 Å². The van der Waals surface area contributed by atoms with Gasteiger partial charge in [-0.25, -0.2) is 4.79 Å². The maximum atomic E-state index is 11.1. The van der Waals surface area contributed by atoms with Gasteiger partial charge in [0.25, 0.3) is 5.69 Å². The van der Waals surface area contributed by atoms with E-state index < -0.39 is 22.1 Å². The van der Waals surface area contributed by atoms with Crippen molar-refractivity contribution in [2.75, 3.05) is 7.11 Å². The van der Waals surface area contributed by atoms with Gasteiger partial charge in [0.1, 0.15) is 23.7 Å². The third-order valence-electron chi connectivity index (χ3n) is 3.03.